The van der Waals surface area contributed by atoms with Crippen LogP contribution in [0.15, 0.2) is 40.7 Å². The SMILES string of the molecule is C=C(c1ccc(CC)cc1OC)C1CCN(CCCOc2cc(-c3nc(C)no3)cs2)CC1. The van der Waals surface area contributed by atoms with Crippen molar-refractivity contribution in [2.45, 2.75) is 39.5 Å². The topological polar surface area (TPSA) is 60.6 Å². The minimum Gasteiger partial charge on any atom is -0.496 e. The van der Waals surface area contributed by atoms with Crippen LogP contribution in [0.4, 0.5) is 0 Å². The number of aryl methyl sites for hydroxylation is 2. The van der Waals surface area contributed by atoms with E-state index in [2.05, 4.69) is 46.7 Å². The number of allylic oxidation sites excluding steroid dienone is 1. The minimum atomic E-state index is 0.511. The van der Waals surface area contributed by atoms with Gasteiger partial charge in [-0.1, -0.05) is 30.8 Å². The van der Waals surface area contributed by atoms with Crippen molar-refractivity contribution >= 4 is 16.9 Å². The lowest BCUT2D eigenvalue weighted by molar-refractivity contribution is 0.189. The monoisotopic (exact) mass is 467 g/mol. The van der Waals surface area contributed by atoms with E-state index in [1.165, 1.54) is 11.1 Å². The first-order valence-corrected chi connectivity index (χ1v) is 12.6. The van der Waals surface area contributed by atoms with Gasteiger partial charge in [-0.05, 0) is 68.8 Å². The maximum atomic E-state index is 5.94. The summed E-state index contributed by atoms with van der Waals surface area (Å²) in [7, 11) is 1.75. The summed E-state index contributed by atoms with van der Waals surface area (Å²) in [5, 5.41) is 6.72. The Hall–Kier alpha value is -2.64. The van der Waals surface area contributed by atoms with Crippen LogP contribution in [-0.4, -0.2) is 48.4 Å². The number of nitrogens with zero attached hydrogens (tertiary/aromatic N) is 3. The van der Waals surface area contributed by atoms with Crippen LogP contribution in [0, 0.1) is 12.8 Å². The largest absolute Gasteiger partial charge is 0.496 e. The summed E-state index contributed by atoms with van der Waals surface area (Å²) in [6.07, 6.45) is 4.29. The third kappa shape index (κ3) is 5.84. The van der Waals surface area contributed by atoms with Gasteiger partial charge in [-0.2, -0.15) is 4.98 Å². The van der Waals surface area contributed by atoms with Crippen molar-refractivity contribution in [1.29, 1.82) is 0 Å². The Kier molecular flexibility index (Phi) is 7.83. The minimum absolute atomic E-state index is 0.511. The van der Waals surface area contributed by atoms with Gasteiger partial charge >= 0.3 is 0 Å². The van der Waals surface area contributed by atoms with Crippen molar-refractivity contribution in [1.82, 2.24) is 15.0 Å². The van der Waals surface area contributed by atoms with Gasteiger partial charge in [0.25, 0.3) is 5.89 Å². The lowest BCUT2D eigenvalue weighted by atomic mass is 9.85. The molecule has 0 aliphatic carbocycles. The number of piperidine rings is 1. The second-order valence-electron chi connectivity index (χ2n) is 8.53. The third-order valence-electron chi connectivity index (χ3n) is 6.31. The number of hydrogen-bond acceptors (Lipinski definition) is 7. The summed E-state index contributed by atoms with van der Waals surface area (Å²) in [5.41, 5.74) is 4.58. The number of benzene rings is 1. The summed E-state index contributed by atoms with van der Waals surface area (Å²) >= 11 is 1.56. The van der Waals surface area contributed by atoms with Crippen molar-refractivity contribution in [3.63, 3.8) is 0 Å². The van der Waals surface area contributed by atoms with Crippen LogP contribution in [-0.2, 0) is 6.42 Å². The maximum Gasteiger partial charge on any atom is 0.258 e. The summed E-state index contributed by atoms with van der Waals surface area (Å²) in [4.78, 5) is 6.79. The highest BCUT2D eigenvalue weighted by Gasteiger charge is 2.23. The molecule has 0 amide bonds. The highest BCUT2D eigenvalue weighted by molar-refractivity contribution is 7.12. The van der Waals surface area contributed by atoms with E-state index in [1.807, 2.05) is 18.4 Å². The fraction of sp³-hybridized carbons (Fsp3) is 0.462. The fourth-order valence-corrected chi connectivity index (χ4v) is 5.08. The van der Waals surface area contributed by atoms with Gasteiger partial charge in [0.2, 0.25) is 0 Å². The van der Waals surface area contributed by atoms with Crippen molar-refractivity contribution in [3.05, 3.63) is 53.2 Å². The number of rotatable bonds is 10. The summed E-state index contributed by atoms with van der Waals surface area (Å²) in [6.45, 7) is 12.4. The van der Waals surface area contributed by atoms with Gasteiger partial charge in [-0.25, -0.2) is 0 Å². The van der Waals surface area contributed by atoms with Crippen LogP contribution in [0.5, 0.6) is 10.8 Å². The highest BCUT2D eigenvalue weighted by atomic mass is 32.1. The van der Waals surface area contributed by atoms with Gasteiger partial charge in [0.1, 0.15) is 5.75 Å². The van der Waals surface area contributed by atoms with E-state index in [1.54, 1.807) is 18.4 Å². The van der Waals surface area contributed by atoms with Crippen molar-refractivity contribution < 1.29 is 14.0 Å². The predicted octanol–water partition coefficient (Wildman–Crippen LogP) is 5.87. The molecule has 1 aliphatic heterocycles. The molecule has 3 heterocycles. The molecule has 7 heteroatoms. The van der Waals surface area contributed by atoms with E-state index in [-0.39, 0.29) is 0 Å². The van der Waals surface area contributed by atoms with Gasteiger partial charge in [-0.15, -0.1) is 11.3 Å². The molecule has 3 aromatic rings. The van der Waals surface area contributed by atoms with Crippen LogP contribution in [0.25, 0.3) is 17.0 Å². The zero-order valence-electron chi connectivity index (χ0n) is 19.8. The Morgan fingerprint density at radius 2 is 2.09 bits per heavy atom. The smallest absolute Gasteiger partial charge is 0.258 e. The quantitative estimate of drug-likeness (QED) is 0.348. The Morgan fingerprint density at radius 1 is 1.27 bits per heavy atom. The zero-order valence-corrected chi connectivity index (χ0v) is 20.6. The van der Waals surface area contributed by atoms with Gasteiger partial charge in [0, 0.05) is 23.6 Å². The van der Waals surface area contributed by atoms with Gasteiger partial charge in [0.15, 0.2) is 10.9 Å². The normalized spacial score (nSPS) is 15.0. The second kappa shape index (κ2) is 11.0. The van der Waals surface area contributed by atoms with E-state index >= 15 is 0 Å². The first kappa shape index (κ1) is 23.5. The Balaban J connectivity index is 1.19. The molecule has 1 aromatic carbocycles. The zero-order chi connectivity index (χ0) is 23.2. The summed E-state index contributed by atoms with van der Waals surface area (Å²) in [5.74, 6) is 2.64. The number of hydrogen-bond donors (Lipinski definition) is 0. The molecule has 1 aliphatic rings. The fourth-order valence-electron chi connectivity index (χ4n) is 4.33. The molecule has 1 saturated heterocycles. The molecule has 0 bridgehead atoms. The number of likely N-dealkylation sites (tertiary alicyclic amines) is 1. The summed E-state index contributed by atoms with van der Waals surface area (Å²) < 4.78 is 16.8. The van der Waals surface area contributed by atoms with Crippen molar-refractivity contribution in [3.8, 4) is 22.3 Å². The van der Waals surface area contributed by atoms with E-state index in [9.17, 15) is 0 Å². The van der Waals surface area contributed by atoms with Gasteiger partial charge in [0.05, 0.1) is 19.3 Å². The van der Waals surface area contributed by atoms with Gasteiger partial charge < -0.3 is 18.9 Å². The average molecular weight is 468 g/mol. The summed E-state index contributed by atoms with van der Waals surface area (Å²) in [6, 6.07) is 8.49. The average Bonchev–Trinajstić information content (AvgIpc) is 3.50. The Morgan fingerprint density at radius 3 is 2.79 bits per heavy atom. The molecule has 4 rings (SSSR count). The number of aromatic nitrogens is 2. The molecule has 6 nitrogen and oxygen atoms in total. The van der Waals surface area contributed by atoms with Crippen molar-refractivity contribution in [2.75, 3.05) is 33.4 Å². The Labute approximate surface area is 200 Å². The van der Waals surface area contributed by atoms with Crippen molar-refractivity contribution in [2.24, 2.45) is 5.92 Å². The van der Waals surface area contributed by atoms with Crippen LogP contribution >= 0.6 is 11.3 Å². The molecule has 0 saturated carbocycles. The maximum absolute atomic E-state index is 5.94. The lowest BCUT2D eigenvalue weighted by Crippen LogP contribution is -2.35. The molecule has 0 spiro atoms. The molecular formula is C26H33N3O3S. The number of thiophene rings is 1. The van der Waals surface area contributed by atoms with E-state index < -0.39 is 0 Å². The molecule has 1 fully saturated rings. The van der Waals surface area contributed by atoms with Crippen LogP contribution in [0.3, 0.4) is 0 Å². The van der Waals surface area contributed by atoms with E-state index in [0.29, 0.717) is 24.2 Å². The van der Waals surface area contributed by atoms with E-state index in [4.69, 9.17) is 14.0 Å². The van der Waals surface area contributed by atoms with Crippen LogP contribution < -0.4 is 9.47 Å². The third-order valence-corrected chi connectivity index (χ3v) is 7.15. The first-order valence-electron chi connectivity index (χ1n) is 11.7. The molecule has 0 atom stereocenters. The molecule has 2 aromatic heterocycles. The first-order chi connectivity index (χ1) is 16.1. The second-order valence-corrected chi connectivity index (χ2v) is 9.41. The molecule has 0 unspecified atom stereocenters. The predicted molar refractivity (Wildman–Crippen MR) is 133 cm³/mol. The molecule has 33 heavy (non-hydrogen) atoms. The molecule has 0 N–H and O–H groups in total. The molecular weight excluding hydrogens is 434 g/mol. The number of methoxy groups -OCH3 is 1. The van der Waals surface area contributed by atoms with E-state index in [0.717, 1.165) is 67.3 Å². The highest BCUT2D eigenvalue weighted by Crippen LogP contribution is 2.36. The molecule has 176 valence electrons. The van der Waals surface area contributed by atoms with Gasteiger partial charge in [-0.3, -0.25) is 0 Å². The number of ether oxygens (including phenoxy) is 2. The van der Waals surface area contributed by atoms with Crippen LogP contribution in [0.1, 0.15) is 43.1 Å². The lowest BCUT2D eigenvalue weighted by Gasteiger charge is -2.33. The van der Waals surface area contributed by atoms with Crippen LogP contribution in [0.2, 0.25) is 0 Å². The standard InChI is InChI=1S/C26H33N3O3S/c1-5-20-7-8-23(24(15-20)30-4)18(2)21-9-12-29(13-10-21)11-6-14-31-25-16-22(17-33-25)26-27-19(3)28-32-26/h7-8,15-17,21H,2,5-6,9-14H2,1,3-4H3. The molecule has 0 radical (unpaired) electrons. The Bertz CT molecular complexity index is 1070.